The van der Waals surface area contributed by atoms with Gasteiger partial charge >= 0.3 is 0 Å². The Kier molecular flexibility index (Phi) is 8.94. The largest absolute Gasteiger partial charge is 0.339 e. The summed E-state index contributed by atoms with van der Waals surface area (Å²) >= 11 is 1.86. The molecule has 4 nitrogen and oxygen atoms in total. The third kappa shape index (κ3) is 7.29. The number of nitrogens with one attached hydrogen (secondary N) is 1. The van der Waals surface area contributed by atoms with Crippen molar-refractivity contribution in [1.29, 1.82) is 0 Å². The molecule has 0 aliphatic rings. The number of aromatic nitrogens is 2. The third-order valence-corrected chi connectivity index (χ3v) is 4.11. The molecule has 1 heterocycles. The number of hydrogen-bond acceptors (Lipinski definition) is 5. The van der Waals surface area contributed by atoms with Crippen molar-refractivity contribution in [2.45, 2.75) is 65.2 Å². The molecule has 20 heavy (non-hydrogen) atoms. The highest BCUT2D eigenvalue weighted by Crippen LogP contribution is 2.13. The van der Waals surface area contributed by atoms with E-state index in [9.17, 15) is 0 Å². The molecular weight excluding hydrogens is 270 g/mol. The maximum Gasteiger partial charge on any atom is 0.228 e. The van der Waals surface area contributed by atoms with Crippen LogP contribution >= 0.6 is 11.8 Å². The molecule has 5 heteroatoms. The van der Waals surface area contributed by atoms with Crippen molar-refractivity contribution in [2.75, 3.05) is 12.3 Å². The first-order chi connectivity index (χ1) is 9.65. The van der Waals surface area contributed by atoms with Gasteiger partial charge in [0, 0.05) is 12.5 Å². The van der Waals surface area contributed by atoms with E-state index in [4.69, 9.17) is 4.52 Å². The smallest absolute Gasteiger partial charge is 0.228 e. The van der Waals surface area contributed by atoms with E-state index in [1.165, 1.54) is 6.42 Å². The van der Waals surface area contributed by atoms with E-state index >= 15 is 0 Å². The average Bonchev–Trinajstić information content (AvgIpc) is 2.83. The van der Waals surface area contributed by atoms with Gasteiger partial charge in [0.1, 0.15) is 0 Å². The molecule has 1 atom stereocenters. The second-order valence-corrected chi connectivity index (χ2v) is 6.75. The van der Waals surface area contributed by atoms with Crippen molar-refractivity contribution in [1.82, 2.24) is 15.5 Å². The Morgan fingerprint density at radius 2 is 2.05 bits per heavy atom. The summed E-state index contributed by atoms with van der Waals surface area (Å²) in [7, 11) is 0. The maximum absolute atomic E-state index is 5.37. The highest BCUT2D eigenvalue weighted by atomic mass is 32.2. The number of thioether (sulfide) groups is 1. The van der Waals surface area contributed by atoms with Gasteiger partial charge < -0.3 is 9.84 Å². The highest BCUT2D eigenvalue weighted by molar-refractivity contribution is 7.98. The number of hydrogen-bond donors (Lipinski definition) is 1. The fourth-order valence-corrected chi connectivity index (χ4v) is 2.84. The van der Waals surface area contributed by atoms with Gasteiger partial charge in [-0.15, -0.1) is 0 Å². The Hall–Kier alpha value is -0.550. The van der Waals surface area contributed by atoms with E-state index in [1.807, 2.05) is 11.8 Å². The Morgan fingerprint density at radius 3 is 2.70 bits per heavy atom. The predicted octanol–water partition coefficient (Wildman–Crippen LogP) is 3.67. The lowest BCUT2D eigenvalue weighted by Gasteiger charge is -2.18. The zero-order valence-electron chi connectivity index (χ0n) is 13.3. The van der Waals surface area contributed by atoms with E-state index in [2.05, 4.69) is 43.2 Å². The van der Waals surface area contributed by atoms with E-state index in [0.717, 1.165) is 49.0 Å². The van der Waals surface area contributed by atoms with Gasteiger partial charge in [0.15, 0.2) is 5.82 Å². The topological polar surface area (TPSA) is 51.0 Å². The molecule has 0 saturated carbocycles. The van der Waals surface area contributed by atoms with Gasteiger partial charge in [-0.3, -0.25) is 0 Å². The van der Waals surface area contributed by atoms with Crippen LogP contribution in [0.25, 0.3) is 0 Å². The molecule has 116 valence electrons. The zero-order valence-corrected chi connectivity index (χ0v) is 14.1. The first-order valence-electron chi connectivity index (χ1n) is 7.78. The monoisotopic (exact) mass is 299 g/mol. The molecule has 0 aliphatic heterocycles. The van der Waals surface area contributed by atoms with E-state index in [0.29, 0.717) is 12.0 Å². The molecule has 1 aromatic heterocycles. The Labute approximate surface area is 127 Å². The standard InChI is InChI=1S/C15H29N3OS/c1-5-7-16-13(9-12(3)4)10-15-17-14(18-19-15)11-20-8-6-2/h12-13,16H,5-11H2,1-4H3. The molecule has 0 fully saturated rings. The fourth-order valence-electron chi connectivity index (χ4n) is 2.11. The summed E-state index contributed by atoms with van der Waals surface area (Å²) in [4.78, 5) is 4.50. The zero-order chi connectivity index (χ0) is 14.8. The molecule has 0 bridgehead atoms. The quantitative estimate of drug-likeness (QED) is 0.632. The molecule has 0 radical (unpaired) electrons. The van der Waals surface area contributed by atoms with Gasteiger partial charge in [0.05, 0.1) is 5.75 Å². The van der Waals surface area contributed by atoms with E-state index < -0.39 is 0 Å². The van der Waals surface area contributed by atoms with Gasteiger partial charge in [0.25, 0.3) is 0 Å². The van der Waals surface area contributed by atoms with Crippen LogP contribution < -0.4 is 5.32 Å². The summed E-state index contributed by atoms with van der Waals surface area (Å²) in [6, 6.07) is 0.437. The summed E-state index contributed by atoms with van der Waals surface area (Å²) in [5, 5.41) is 7.64. The van der Waals surface area contributed by atoms with Gasteiger partial charge in [-0.05, 0) is 37.5 Å². The molecule has 1 N–H and O–H groups in total. The van der Waals surface area contributed by atoms with Crippen LogP contribution in [0.3, 0.4) is 0 Å². The van der Waals surface area contributed by atoms with Crippen molar-refractivity contribution in [3.8, 4) is 0 Å². The fraction of sp³-hybridized carbons (Fsp3) is 0.867. The van der Waals surface area contributed by atoms with Crippen molar-refractivity contribution in [2.24, 2.45) is 5.92 Å². The molecule has 0 amide bonds. The van der Waals surface area contributed by atoms with E-state index in [-0.39, 0.29) is 0 Å². The van der Waals surface area contributed by atoms with Crippen LogP contribution in [0.15, 0.2) is 4.52 Å². The number of rotatable bonds is 11. The highest BCUT2D eigenvalue weighted by Gasteiger charge is 2.15. The summed E-state index contributed by atoms with van der Waals surface area (Å²) in [5.74, 6) is 4.28. The second kappa shape index (κ2) is 10.2. The lowest BCUT2D eigenvalue weighted by Crippen LogP contribution is -2.33. The number of nitrogens with zero attached hydrogens (tertiary/aromatic N) is 2. The molecule has 0 aromatic carbocycles. The van der Waals surface area contributed by atoms with Crippen LogP contribution in [0.4, 0.5) is 0 Å². The first kappa shape index (κ1) is 17.5. The molecule has 1 unspecified atom stereocenters. The van der Waals surface area contributed by atoms with Crippen molar-refractivity contribution in [3.63, 3.8) is 0 Å². The second-order valence-electron chi connectivity index (χ2n) is 5.64. The van der Waals surface area contributed by atoms with Gasteiger partial charge in [-0.2, -0.15) is 16.7 Å². The van der Waals surface area contributed by atoms with Crippen molar-refractivity contribution in [3.05, 3.63) is 11.7 Å². The minimum Gasteiger partial charge on any atom is -0.339 e. The lowest BCUT2D eigenvalue weighted by molar-refractivity contribution is 0.336. The van der Waals surface area contributed by atoms with Crippen LogP contribution in [0.2, 0.25) is 0 Å². The SMILES string of the molecule is CCCNC(Cc1nc(CSCCC)no1)CC(C)C. The Balaban J connectivity index is 2.46. The third-order valence-electron chi connectivity index (χ3n) is 2.95. The molecule has 0 saturated heterocycles. The lowest BCUT2D eigenvalue weighted by atomic mass is 10.0. The predicted molar refractivity (Wildman–Crippen MR) is 86.0 cm³/mol. The minimum atomic E-state index is 0.437. The van der Waals surface area contributed by atoms with E-state index in [1.54, 1.807) is 0 Å². The maximum atomic E-state index is 5.37. The molecule has 1 rings (SSSR count). The van der Waals surface area contributed by atoms with Gasteiger partial charge in [-0.25, -0.2) is 0 Å². The first-order valence-corrected chi connectivity index (χ1v) is 8.93. The average molecular weight is 299 g/mol. The Morgan fingerprint density at radius 1 is 1.25 bits per heavy atom. The Bertz CT molecular complexity index is 355. The molecule has 0 spiro atoms. The van der Waals surface area contributed by atoms with Crippen LogP contribution in [0.5, 0.6) is 0 Å². The van der Waals surface area contributed by atoms with Crippen LogP contribution in [-0.2, 0) is 12.2 Å². The molecule has 1 aromatic rings. The van der Waals surface area contributed by atoms with Crippen LogP contribution in [-0.4, -0.2) is 28.5 Å². The van der Waals surface area contributed by atoms with Crippen molar-refractivity contribution < 1.29 is 4.52 Å². The summed E-state index contributed by atoms with van der Waals surface area (Å²) in [5.41, 5.74) is 0. The summed E-state index contributed by atoms with van der Waals surface area (Å²) in [6.07, 6.45) is 4.32. The van der Waals surface area contributed by atoms with Gasteiger partial charge in [-0.1, -0.05) is 32.9 Å². The normalized spacial score (nSPS) is 13.1. The van der Waals surface area contributed by atoms with Crippen LogP contribution in [0.1, 0.15) is 58.7 Å². The molecular formula is C15H29N3OS. The van der Waals surface area contributed by atoms with Crippen molar-refractivity contribution >= 4 is 11.8 Å². The van der Waals surface area contributed by atoms with Gasteiger partial charge in [0.2, 0.25) is 5.89 Å². The summed E-state index contributed by atoms with van der Waals surface area (Å²) in [6.45, 7) is 9.92. The van der Waals surface area contributed by atoms with Crippen LogP contribution in [0, 0.1) is 5.92 Å². The minimum absolute atomic E-state index is 0.437. The molecule has 0 aliphatic carbocycles. The summed E-state index contributed by atoms with van der Waals surface area (Å²) < 4.78 is 5.37.